The first-order valence-electron chi connectivity index (χ1n) is 13.9. The summed E-state index contributed by atoms with van der Waals surface area (Å²) in [6.45, 7) is 7.78. The van der Waals surface area contributed by atoms with Gasteiger partial charge in [0.25, 0.3) is 5.56 Å². The van der Waals surface area contributed by atoms with Gasteiger partial charge in [-0.1, -0.05) is 64.9 Å². The predicted molar refractivity (Wildman–Crippen MR) is 178 cm³/mol. The van der Waals surface area contributed by atoms with Crippen molar-refractivity contribution in [3.63, 3.8) is 0 Å². The fourth-order valence-corrected chi connectivity index (χ4v) is 6.98. The number of aromatic nitrogens is 1. The second-order valence-electron chi connectivity index (χ2n) is 10.2. The number of allylic oxidation sites excluding steroid dienone is 1. The van der Waals surface area contributed by atoms with Crippen LogP contribution in [0.5, 0.6) is 11.5 Å². The minimum absolute atomic E-state index is 0.129. The highest BCUT2D eigenvalue weighted by molar-refractivity contribution is 9.10. The third kappa shape index (κ3) is 6.81. The molecule has 1 aromatic heterocycles. The summed E-state index contributed by atoms with van der Waals surface area (Å²) in [5.41, 5.74) is 2.60. The van der Waals surface area contributed by atoms with E-state index in [2.05, 4.69) is 20.9 Å². The fraction of sp³-hybridized carbons (Fsp3) is 0.242. The van der Waals surface area contributed by atoms with E-state index in [0.717, 1.165) is 5.56 Å². The summed E-state index contributed by atoms with van der Waals surface area (Å²) in [6.07, 6.45) is 1.60. The van der Waals surface area contributed by atoms with Gasteiger partial charge in [0.2, 0.25) is 0 Å². The van der Waals surface area contributed by atoms with Crippen LogP contribution in [0.2, 0.25) is 10.0 Å². The summed E-state index contributed by atoms with van der Waals surface area (Å²) in [5.74, 6) is 0.546. The maximum absolute atomic E-state index is 14.2. The molecule has 7 nitrogen and oxygen atoms in total. The Morgan fingerprint density at radius 1 is 1.11 bits per heavy atom. The van der Waals surface area contributed by atoms with E-state index >= 15 is 0 Å². The van der Waals surface area contributed by atoms with Gasteiger partial charge in [0.05, 0.1) is 33.0 Å². The maximum Gasteiger partial charge on any atom is 0.338 e. The molecule has 0 amide bonds. The first kappa shape index (κ1) is 32.0. The van der Waals surface area contributed by atoms with Crippen molar-refractivity contribution in [2.75, 3.05) is 6.61 Å². The van der Waals surface area contributed by atoms with E-state index in [-0.39, 0.29) is 30.5 Å². The Morgan fingerprint density at radius 3 is 2.55 bits per heavy atom. The number of rotatable bonds is 9. The molecule has 5 rings (SSSR count). The molecule has 3 aromatic carbocycles. The highest BCUT2D eigenvalue weighted by Gasteiger charge is 2.35. The Kier molecular flexibility index (Phi) is 10.00. The average molecular weight is 716 g/mol. The Hall–Kier alpha value is -3.37. The molecule has 1 atom stereocenters. The number of halogens is 3. The van der Waals surface area contributed by atoms with Crippen molar-refractivity contribution in [3.05, 3.63) is 123 Å². The van der Waals surface area contributed by atoms with Crippen molar-refractivity contribution in [1.29, 1.82) is 0 Å². The average Bonchev–Trinajstić information content (AvgIpc) is 3.26. The lowest BCUT2D eigenvalue weighted by Crippen LogP contribution is -2.40. The fourth-order valence-electron chi connectivity index (χ4n) is 4.87. The van der Waals surface area contributed by atoms with Crippen LogP contribution in [0.15, 0.2) is 86.2 Å². The maximum atomic E-state index is 14.2. The van der Waals surface area contributed by atoms with Gasteiger partial charge in [-0.2, -0.15) is 0 Å². The zero-order chi connectivity index (χ0) is 31.5. The highest BCUT2D eigenvalue weighted by atomic mass is 79.9. The molecular formula is C33H29BrCl2N2O5S. The first-order chi connectivity index (χ1) is 21.1. The molecule has 0 radical (unpaired) electrons. The van der Waals surface area contributed by atoms with E-state index in [1.807, 2.05) is 50.2 Å². The summed E-state index contributed by atoms with van der Waals surface area (Å²) >= 11 is 17.3. The molecule has 0 fully saturated rings. The lowest BCUT2D eigenvalue weighted by atomic mass is 9.95. The molecule has 228 valence electrons. The molecule has 0 bridgehead atoms. The van der Waals surface area contributed by atoms with Gasteiger partial charge in [0.1, 0.15) is 24.1 Å². The van der Waals surface area contributed by atoms with Crippen LogP contribution >= 0.6 is 50.5 Å². The molecule has 44 heavy (non-hydrogen) atoms. The zero-order valence-corrected chi connectivity index (χ0v) is 28.3. The minimum Gasteiger partial charge on any atom is -0.491 e. The highest BCUT2D eigenvalue weighted by Crippen LogP contribution is 2.37. The van der Waals surface area contributed by atoms with Crippen LogP contribution in [0.1, 0.15) is 50.4 Å². The number of benzene rings is 3. The second-order valence-corrected chi connectivity index (χ2v) is 13.0. The van der Waals surface area contributed by atoms with E-state index < -0.39 is 12.0 Å². The molecule has 11 heteroatoms. The van der Waals surface area contributed by atoms with Gasteiger partial charge < -0.3 is 14.2 Å². The topological polar surface area (TPSA) is 79.1 Å². The third-order valence-electron chi connectivity index (χ3n) is 6.71. The number of esters is 1. The molecule has 0 aliphatic carbocycles. The molecule has 0 spiro atoms. The summed E-state index contributed by atoms with van der Waals surface area (Å²) in [7, 11) is 0. The van der Waals surface area contributed by atoms with Gasteiger partial charge >= 0.3 is 5.97 Å². The van der Waals surface area contributed by atoms with Crippen molar-refractivity contribution in [3.8, 4) is 11.5 Å². The molecule has 0 N–H and O–H groups in total. The Balaban J connectivity index is 1.67. The second kappa shape index (κ2) is 13.7. The number of para-hydroxylation sites is 1. The van der Waals surface area contributed by atoms with Crippen LogP contribution in [0.3, 0.4) is 0 Å². The number of ether oxygens (including phenoxy) is 3. The van der Waals surface area contributed by atoms with Gasteiger partial charge in [-0.15, -0.1) is 0 Å². The molecule has 0 saturated carbocycles. The largest absolute Gasteiger partial charge is 0.491 e. The molecule has 1 aliphatic heterocycles. The van der Waals surface area contributed by atoms with E-state index in [1.165, 1.54) is 15.9 Å². The van der Waals surface area contributed by atoms with Crippen LogP contribution in [0.4, 0.5) is 0 Å². The molecular weight excluding hydrogens is 687 g/mol. The monoisotopic (exact) mass is 714 g/mol. The summed E-state index contributed by atoms with van der Waals surface area (Å²) in [6, 6.07) is 17.4. The molecule has 1 aliphatic rings. The smallest absolute Gasteiger partial charge is 0.338 e. The number of hydrogen-bond acceptors (Lipinski definition) is 7. The molecule has 0 saturated heterocycles. The normalized spacial score (nSPS) is 14.8. The molecule has 0 unspecified atom stereocenters. The van der Waals surface area contributed by atoms with Crippen molar-refractivity contribution in [1.82, 2.24) is 4.57 Å². The first-order valence-corrected chi connectivity index (χ1v) is 16.3. The van der Waals surface area contributed by atoms with Crippen molar-refractivity contribution in [2.24, 2.45) is 4.99 Å². The summed E-state index contributed by atoms with van der Waals surface area (Å²) in [4.78, 5) is 32.7. The standard InChI is InChI=1S/C33H29BrCl2N2O5S/c1-5-41-32(40)28-19(4)37-33-38(29(28)24-8-6-7-9-26(24)43-18(2)3)31(39)27(44-33)15-21-14-23(36)16-25(34)30(21)42-17-20-10-12-22(35)13-11-20/h6-16,18,29H,5,17H2,1-4H3/b27-15-/t29-/m0/s1. The zero-order valence-electron chi connectivity index (χ0n) is 24.4. The van der Waals surface area contributed by atoms with E-state index in [9.17, 15) is 9.59 Å². The number of nitrogens with zero attached hydrogens (tertiary/aromatic N) is 2. The van der Waals surface area contributed by atoms with Gasteiger partial charge in [0.15, 0.2) is 4.80 Å². The lowest BCUT2D eigenvalue weighted by Gasteiger charge is -2.26. The van der Waals surface area contributed by atoms with Crippen LogP contribution in [0, 0.1) is 0 Å². The van der Waals surface area contributed by atoms with Crippen LogP contribution in [-0.2, 0) is 16.1 Å². The minimum atomic E-state index is -0.811. The van der Waals surface area contributed by atoms with Gasteiger partial charge in [0, 0.05) is 21.2 Å². The Morgan fingerprint density at radius 2 is 1.84 bits per heavy atom. The summed E-state index contributed by atoms with van der Waals surface area (Å²) < 4.78 is 20.3. The number of fused-ring (bicyclic) bond motifs is 1. The molecule has 4 aromatic rings. The van der Waals surface area contributed by atoms with Crippen molar-refractivity contribution < 1.29 is 19.0 Å². The number of carbonyl (C=O) groups is 1. The summed E-state index contributed by atoms with van der Waals surface area (Å²) in [5, 5.41) is 1.10. The van der Waals surface area contributed by atoms with Crippen molar-refractivity contribution >= 4 is 62.5 Å². The third-order valence-corrected chi connectivity index (χ3v) is 8.76. The van der Waals surface area contributed by atoms with Gasteiger partial charge in [-0.3, -0.25) is 9.36 Å². The Bertz CT molecular complexity index is 1930. The number of thiazole rings is 1. The molecule has 2 heterocycles. The Labute approximate surface area is 277 Å². The SMILES string of the molecule is CCOC(=O)C1=C(C)N=c2s/c(=C\c3cc(Cl)cc(Br)c3OCc3ccc(Cl)cc3)c(=O)n2[C@H]1c1ccccc1OC(C)C. The van der Waals surface area contributed by atoms with E-state index in [4.69, 9.17) is 37.4 Å². The number of carbonyl (C=O) groups excluding carboxylic acids is 1. The lowest BCUT2D eigenvalue weighted by molar-refractivity contribution is -0.139. The van der Waals surface area contributed by atoms with E-state index in [1.54, 1.807) is 44.2 Å². The van der Waals surface area contributed by atoms with Gasteiger partial charge in [-0.05, 0) is 85.6 Å². The van der Waals surface area contributed by atoms with E-state index in [0.29, 0.717) is 52.2 Å². The number of hydrogen-bond donors (Lipinski definition) is 0. The van der Waals surface area contributed by atoms with Gasteiger partial charge in [-0.25, -0.2) is 9.79 Å². The van der Waals surface area contributed by atoms with Crippen LogP contribution in [0.25, 0.3) is 6.08 Å². The van der Waals surface area contributed by atoms with Crippen LogP contribution in [-0.4, -0.2) is 23.2 Å². The predicted octanol–water partition coefficient (Wildman–Crippen LogP) is 7.23. The van der Waals surface area contributed by atoms with Crippen LogP contribution < -0.4 is 24.4 Å². The van der Waals surface area contributed by atoms with Crippen molar-refractivity contribution in [2.45, 2.75) is 46.4 Å². The quantitative estimate of drug-likeness (QED) is 0.171.